The van der Waals surface area contributed by atoms with Crippen LogP contribution in [0.3, 0.4) is 0 Å². The van der Waals surface area contributed by atoms with E-state index < -0.39 is 0 Å². The van der Waals surface area contributed by atoms with Crippen LogP contribution in [0.2, 0.25) is 0 Å². The third kappa shape index (κ3) is 2.83. The highest BCUT2D eigenvalue weighted by Crippen LogP contribution is 2.37. The maximum Gasteiger partial charge on any atom is 0.258 e. The Labute approximate surface area is 149 Å². The minimum atomic E-state index is 0.0642. The van der Waals surface area contributed by atoms with Crippen LogP contribution in [-0.4, -0.2) is 51.1 Å². The first-order valence-electron chi connectivity index (χ1n) is 8.77. The molecule has 25 heavy (non-hydrogen) atoms. The molecule has 0 radical (unpaired) electrons. The van der Waals surface area contributed by atoms with Crippen molar-refractivity contribution in [1.82, 2.24) is 4.90 Å². The summed E-state index contributed by atoms with van der Waals surface area (Å²) < 4.78 is 0. The van der Waals surface area contributed by atoms with Gasteiger partial charge in [0.15, 0.2) is 0 Å². The van der Waals surface area contributed by atoms with E-state index in [1.54, 1.807) is 4.90 Å². The van der Waals surface area contributed by atoms with Crippen LogP contribution in [0.25, 0.3) is 11.6 Å². The molecule has 2 heterocycles. The van der Waals surface area contributed by atoms with Crippen LogP contribution in [0.1, 0.15) is 11.1 Å². The number of piperazine rings is 1. The van der Waals surface area contributed by atoms with Gasteiger partial charge in [-0.05, 0) is 30.8 Å². The number of para-hydroxylation sites is 2. The zero-order chi connectivity index (χ0) is 17.4. The molecule has 2 aliphatic rings. The second-order valence-electron chi connectivity index (χ2n) is 6.79. The fraction of sp³-hybridized carbons (Fsp3) is 0.286. The van der Waals surface area contributed by atoms with Gasteiger partial charge in [-0.25, -0.2) is 0 Å². The van der Waals surface area contributed by atoms with Crippen molar-refractivity contribution in [2.75, 3.05) is 50.1 Å². The van der Waals surface area contributed by atoms with Gasteiger partial charge in [-0.15, -0.1) is 0 Å². The summed E-state index contributed by atoms with van der Waals surface area (Å²) in [6.45, 7) is 4.16. The standard InChI is InChI=1S/C21H23N3O/c1-22-11-13-24(14-12-22)19-9-5-3-7-16(19)15-18-17-8-4-6-10-20(17)23(2)21(18)25/h3-10,15H,11-14H2,1-2H3/b18-15+. The lowest BCUT2D eigenvalue weighted by molar-refractivity contribution is -0.112. The van der Waals surface area contributed by atoms with E-state index in [1.165, 1.54) is 5.69 Å². The molecule has 0 aromatic heterocycles. The molecule has 2 aromatic carbocycles. The molecule has 2 aliphatic heterocycles. The normalized spacial score (nSPS) is 19.6. The molecule has 0 bridgehead atoms. The van der Waals surface area contributed by atoms with Crippen molar-refractivity contribution >= 4 is 28.9 Å². The third-order valence-electron chi connectivity index (χ3n) is 5.17. The maximum atomic E-state index is 12.7. The van der Waals surface area contributed by atoms with Crippen molar-refractivity contribution in [1.29, 1.82) is 0 Å². The minimum absolute atomic E-state index is 0.0642. The maximum absolute atomic E-state index is 12.7. The fourth-order valence-corrected chi connectivity index (χ4v) is 3.64. The van der Waals surface area contributed by atoms with Crippen LogP contribution in [0.15, 0.2) is 48.5 Å². The van der Waals surface area contributed by atoms with Crippen LogP contribution < -0.4 is 9.80 Å². The third-order valence-corrected chi connectivity index (χ3v) is 5.17. The highest BCUT2D eigenvalue weighted by molar-refractivity contribution is 6.35. The van der Waals surface area contributed by atoms with E-state index in [0.29, 0.717) is 0 Å². The summed E-state index contributed by atoms with van der Waals surface area (Å²) in [6, 6.07) is 16.4. The SMILES string of the molecule is CN1CCN(c2ccccc2/C=C2/C(=O)N(C)c3ccccc32)CC1. The molecular formula is C21H23N3O. The molecular weight excluding hydrogens is 310 g/mol. The van der Waals surface area contributed by atoms with E-state index >= 15 is 0 Å². The summed E-state index contributed by atoms with van der Waals surface area (Å²) in [5.74, 6) is 0.0642. The lowest BCUT2D eigenvalue weighted by atomic mass is 10.0. The Balaban J connectivity index is 1.74. The number of rotatable bonds is 2. The van der Waals surface area contributed by atoms with Gasteiger partial charge >= 0.3 is 0 Å². The molecule has 0 saturated carbocycles. The summed E-state index contributed by atoms with van der Waals surface area (Å²) in [7, 11) is 4.00. The summed E-state index contributed by atoms with van der Waals surface area (Å²) in [5, 5.41) is 0. The van der Waals surface area contributed by atoms with Gasteiger partial charge in [0.25, 0.3) is 5.91 Å². The lowest BCUT2D eigenvalue weighted by Gasteiger charge is -2.35. The first kappa shape index (κ1) is 15.9. The van der Waals surface area contributed by atoms with Gasteiger partial charge in [0, 0.05) is 50.1 Å². The molecule has 2 aromatic rings. The number of nitrogens with zero attached hydrogens (tertiary/aromatic N) is 3. The molecule has 0 aliphatic carbocycles. The van der Waals surface area contributed by atoms with Crippen molar-refractivity contribution in [2.45, 2.75) is 0 Å². The van der Waals surface area contributed by atoms with Gasteiger partial charge in [0.05, 0.1) is 5.69 Å². The first-order chi connectivity index (χ1) is 12.1. The Bertz CT molecular complexity index is 835. The Morgan fingerprint density at radius 1 is 0.840 bits per heavy atom. The average Bonchev–Trinajstić information content (AvgIpc) is 2.88. The quantitative estimate of drug-likeness (QED) is 0.791. The predicted molar refractivity (Wildman–Crippen MR) is 104 cm³/mol. The highest BCUT2D eigenvalue weighted by atomic mass is 16.2. The lowest BCUT2D eigenvalue weighted by Crippen LogP contribution is -2.44. The molecule has 4 nitrogen and oxygen atoms in total. The highest BCUT2D eigenvalue weighted by Gasteiger charge is 2.29. The van der Waals surface area contributed by atoms with Gasteiger partial charge < -0.3 is 14.7 Å². The minimum Gasteiger partial charge on any atom is -0.368 e. The summed E-state index contributed by atoms with van der Waals surface area (Å²) in [5.41, 5.74) is 5.10. The van der Waals surface area contributed by atoms with E-state index in [4.69, 9.17) is 0 Å². The number of benzene rings is 2. The topological polar surface area (TPSA) is 26.8 Å². The largest absolute Gasteiger partial charge is 0.368 e. The number of amides is 1. The Hall–Kier alpha value is -2.59. The van der Waals surface area contributed by atoms with Crippen LogP contribution >= 0.6 is 0 Å². The van der Waals surface area contributed by atoms with Gasteiger partial charge in [0.1, 0.15) is 0 Å². The smallest absolute Gasteiger partial charge is 0.258 e. The number of hydrogen-bond donors (Lipinski definition) is 0. The Morgan fingerprint density at radius 2 is 1.48 bits per heavy atom. The molecule has 0 N–H and O–H groups in total. The summed E-state index contributed by atoms with van der Waals surface area (Å²) in [4.78, 5) is 19.2. The second kappa shape index (κ2) is 6.37. The zero-order valence-electron chi connectivity index (χ0n) is 14.8. The fourth-order valence-electron chi connectivity index (χ4n) is 3.64. The number of fused-ring (bicyclic) bond motifs is 1. The Morgan fingerprint density at radius 3 is 2.24 bits per heavy atom. The molecule has 0 unspecified atom stereocenters. The first-order valence-corrected chi connectivity index (χ1v) is 8.77. The number of anilines is 2. The molecule has 1 amide bonds. The van der Waals surface area contributed by atoms with Crippen LogP contribution in [0.4, 0.5) is 11.4 Å². The van der Waals surface area contributed by atoms with Crippen molar-refractivity contribution in [3.8, 4) is 0 Å². The van der Waals surface area contributed by atoms with Crippen LogP contribution in [-0.2, 0) is 4.79 Å². The van der Waals surface area contributed by atoms with Crippen molar-refractivity contribution in [3.63, 3.8) is 0 Å². The van der Waals surface area contributed by atoms with Crippen molar-refractivity contribution in [3.05, 3.63) is 59.7 Å². The molecule has 0 spiro atoms. The van der Waals surface area contributed by atoms with Gasteiger partial charge in [0.2, 0.25) is 0 Å². The summed E-state index contributed by atoms with van der Waals surface area (Å²) in [6.07, 6.45) is 2.05. The van der Waals surface area contributed by atoms with E-state index in [-0.39, 0.29) is 5.91 Å². The number of likely N-dealkylation sites (N-methyl/N-ethyl adjacent to an activating group) is 2. The molecule has 4 rings (SSSR count). The van der Waals surface area contributed by atoms with Gasteiger partial charge in [-0.2, -0.15) is 0 Å². The van der Waals surface area contributed by atoms with Gasteiger partial charge in [-0.1, -0.05) is 36.4 Å². The average molecular weight is 333 g/mol. The van der Waals surface area contributed by atoms with E-state index in [9.17, 15) is 4.79 Å². The van der Waals surface area contributed by atoms with E-state index in [2.05, 4.69) is 41.1 Å². The molecule has 4 heteroatoms. The molecule has 1 saturated heterocycles. The number of hydrogen-bond acceptors (Lipinski definition) is 3. The monoisotopic (exact) mass is 333 g/mol. The molecule has 128 valence electrons. The van der Waals surface area contributed by atoms with Crippen LogP contribution in [0, 0.1) is 0 Å². The zero-order valence-corrected chi connectivity index (χ0v) is 14.8. The molecule has 1 fully saturated rings. The van der Waals surface area contributed by atoms with E-state index in [1.807, 2.05) is 37.4 Å². The number of carbonyl (C=O) groups is 1. The van der Waals surface area contributed by atoms with Crippen molar-refractivity contribution < 1.29 is 4.79 Å². The molecule has 0 atom stereocenters. The second-order valence-corrected chi connectivity index (χ2v) is 6.79. The van der Waals surface area contributed by atoms with Crippen molar-refractivity contribution in [2.24, 2.45) is 0 Å². The van der Waals surface area contributed by atoms with Crippen LogP contribution in [0.5, 0.6) is 0 Å². The van der Waals surface area contributed by atoms with E-state index in [0.717, 1.165) is 48.6 Å². The Kier molecular flexibility index (Phi) is 4.06. The number of carbonyl (C=O) groups excluding carboxylic acids is 1. The van der Waals surface area contributed by atoms with Gasteiger partial charge in [-0.3, -0.25) is 4.79 Å². The predicted octanol–water partition coefficient (Wildman–Crippen LogP) is 2.96. The summed E-state index contributed by atoms with van der Waals surface area (Å²) >= 11 is 0.